The molecule has 0 aliphatic heterocycles. The molecule has 0 spiro atoms. The van der Waals surface area contributed by atoms with E-state index in [9.17, 15) is 13.6 Å². The molecule has 0 amide bonds. The summed E-state index contributed by atoms with van der Waals surface area (Å²) in [5, 5.41) is 8.71. The molecule has 0 heterocycles. The van der Waals surface area contributed by atoms with Crippen LogP contribution in [0.2, 0.25) is 0 Å². The summed E-state index contributed by atoms with van der Waals surface area (Å²) in [7, 11) is 0. The molecule has 0 aromatic heterocycles. The highest BCUT2D eigenvalue weighted by atomic mass is 32.2. The van der Waals surface area contributed by atoms with E-state index in [1.165, 1.54) is 30.0 Å². The third-order valence-corrected chi connectivity index (χ3v) is 3.61. The summed E-state index contributed by atoms with van der Waals surface area (Å²) in [6, 6.07) is 10.2. The topological polar surface area (TPSA) is 37.3 Å². The molecule has 2 rings (SSSR count). The number of carboxylic acid groups (broad SMARTS) is 1. The highest BCUT2D eigenvalue weighted by Gasteiger charge is 2.10. The van der Waals surface area contributed by atoms with Gasteiger partial charge < -0.3 is 5.11 Å². The molecular weight excluding hydrogens is 270 g/mol. The van der Waals surface area contributed by atoms with Gasteiger partial charge in [-0.1, -0.05) is 18.2 Å². The maximum atomic E-state index is 13.4. The molecule has 19 heavy (non-hydrogen) atoms. The first-order chi connectivity index (χ1) is 9.08. The molecule has 2 nitrogen and oxygen atoms in total. The minimum atomic E-state index is -1.30. The van der Waals surface area contributed by atoms with Crippen LogP contribution in [0.1, 0.15) is 15.9 Å². The monoisotopic (exact) mass is 280 g/mol. The highest BCUT2D eigenvalue weighted by Crippen LogP contribution is 2.25. The van der Waals surface area contributed by atoms with E-state index < -0.39 is 11.8 Å². The van der Waals surface area contributed by atoms with Crippen molar-refractivity contribution in [1.29, 1.82) is 0 Å². The van der Waals surface area contributed by atoms with Gasteiger partial charge in [0.15, 0.2) is 0 Å². The Hall–Kier alpha value is -1.88. The van der Waals surface area contributed by atoms with Crippen LogP contribution in [0.3, 0.4) is 0 Å². The van der Waals surface area contributed by atoms with Crippen molar-refractivity contribution < 1.29 is 18.7 Å². The summed E-state index contributed by atoms with van der Waals surface area (Å²) in [4.78, 5) is 11.1. The normalized spacial score (nSPS) is 10.4. The zero-order chi connectivity index (χ0) is 13.8. The second-order valence-corrected chi connectivity index (χ2v) is 4.86. The number of hydrogen-bond donors (Lipinski definition) is 1. The van der Waals surface area contributed by atoms with Crippen molar-refractivity contribution >= 4 is 17.7 Å². The first-order valence-corrected chi connectivity index (χ1v) is 6.45. The quantitative estimate of drug-likeness (QED) is 0.861. The van der Waals surface area contributed by atoms with E-state index >= 15 is 0 Å². The molecular formula is C14H10F2O2S. The van der Waals surface area contributed by atoms with E-state index in [4.69, 9.17) is 5.11 Å². The fourth-order valence-corrected chi connectivity index (χ4v) is 2.43. The van der Waals surface area contributed by atoms with E-state index in [2.05, 4.69) is 0 Å². The number of aromatic carboxylic acids is 1. The first-order valence-electron chi connectivity index (χ1n) is 5.47. The standard InChI is InChI=1S/C14H10F2O2S/c15-11-3-1-2-4-13(11)19-8-9-5-6-10(14(17)18)12(16)7-9/h1-7H,8H2,(H,17,18). The Kier molecular flexibility index (Phi) is 4.16. The Morgan fingerprint density at radius 2 is 1.84 bits per heavy atom. The Morgan fingerprint density at radius 1 is 1.11 bits per heavy atom. The molecule has 2 aromatic carbocycles. The third-order valence-electron chi connectivity index (χ3n) is 2.49. The van der Waals surface area contributed by atoms with Gasteiger partial charge >= 0.3 is 5.97 Å². The van der Waals surface area contributed by atoms with Crippen LogP contribution in [-0.4, -0.2) is 11.1 Å². The fourth-order valence-electron chi connectivity index (χ4n) is 1.54. The minimum absolute atomic E-state index is 0.324. The van der Waals surface area contributed by atoms with Crippen LogP contribution in [0.4, 0.5) is 8.78 Å². The largest absolute Gasteiger partial charge is 0.478 e. The van der Waals surface area contributed by atoms with Crippen LogP contribution in [-0.2, 0) is 5.75 Å². The maximum Gasteiger partial charge on any atom is 0.338 e. The second kappa shape index (κ2) is 5.84. The number of rotatable bonds is 4. The molecule has 0 aliphatic rings. The van der Waals surface area contributed by atoms with E-state index in [0.29, 0.717) is 16.2 Å². The van der Waals surface area contributed by atoms with Gasteiger partial charge in [0, 0.05) is 10.6 Å². The molecule has 0 radical (unpaired) electrons. The second-order valence-electron chi connectivity index (χ2n) is 3.84. The molecule has 0 bridgehead atoms. The predicted octanol–water partition coefficient (Wildman–Crippen LogP) is 3.96. The third kappa shape index (κ3) is 3.32. The molecule has 0 saturated heterocycles. The van der Waals surface area contributed by atoms with E-state index in [-0.39, 0.29) is 11.4 Å². The molecule has 1 N–H and O–H groups in total. The molecule has 0 atom stereocenters. The van der Waals surface area contributed by atoms with Crippen molar-refractivity contribution in [2.24, 2.45) is 0 Å². The predicted molar refractivity (Wildman–Crippen MR) is 69.3 cm³/mol. The van der Waals surface area contributed by atoms with Crippen LogP contribution < -0.4 is 0 Å². The van der Waals surface area contributed by atoms with Gasteiger partial charge in [0.25, 0.3) is 0 Å². The summed E-state index contributed by atoms with van der Waals surface area (Å²) < 4.78 is 26.8. The first kappa shape index (κ1) is 13.5. The van der Waals surface area contributed by atoms with Crippen molar-refractivity contribution in [3.8, 4) is 0 Å². The minimum Gasteiger partial charge on any atom is -0.478 e. The van der Waals surface area contributed by atoms with Crippen molar-refractivity contribution in [2.75, 3.05) is 0 Å². The van der Waals surface area contributed by atoms with Crippen molar-refractivity contribution in [1.82, 2.24) is 0 Å². The lowest BCUT2D eigenvalue weighted by Crippen LogP contribution is -2.00. The number of carboxylic acids is 1. The lowest BCUT2D eigenvalue weighted by Gasteiger charge is -2.04. The Labute approximate surface area is 113 Å². The Bertz CT molecular complexity index is 614. The van der Waals surface area contributed by atoms with Gasteiger partial charge in [-0.25, -0.2) is 13.6 Å². The van der Waals surface area contributed by atoms with E-state index in [1.807, 2.05) is 0 Å². The van der Waals surface area contributed by atoms with Crippen LogP contribution in [0.15, 0.2) is 47.4 Å². The Morgan fingerprint density at radius 3 is 2.47 bits per heavy atom. The van der Waals surface area contributed by atoms with E-state index in [0.717, 1.165) is 6.07 Å². The number of thioether (sulfide) groups is 1. The lowest BCUT2D eigenvalue weighted by atomic mass is 10.1. The summed E-state index contributed by atoms with van der Waals surface area (Å²) in [6.45, 7) is 0. The number of halogens is 2. The molecule has 98 valence electrons. The molecule has 0 aliphatic carbocycles. The van der Waals surface area contributed by atoms with Crippen molar-refractivity contribution in [3.63, 3.8) is 0 Å². The van der Waals surface area contributed by atoms with Crippen molar-refractivity contribution in [2.45, 2.75) is 10.6 Å². The van der Waals surface area contributed by atoms with Crippen LogP contribution in [0.5, 0.6) is 0 Å². The molecule has 0 unspecified atom stereocenters. The summed E-state index contributed by atoms with van der Waals surface area (Å²) >= 11 is 1.23. The SMILES string of the molecule is O=C(O)c1ccc(CSc2ccccc2F)cc1F. The zero-order valence-electron chi connectivity index (χ0n) is 9.77. The van der Waals surface area contributed by atoms with Gasteiger partial charge in [0.05, 0.1) is 5.56 Å². The van der Waals surface area contributed by atoms with Crippen LogP contribution in [0, 0.1) is 11.6 Å². The zero-order valence-corrected chi connectivity index (χ0v) is 10.6. The van der Waals surface area contributed by atoms with Crippen LogP contribution >= 0.6 is 11.8 Å². The molecule has 2 aromatic rings. The Balaban J connectivity index is 2.11. The molecule has 0 fully saturated rings. The van der Waals surface area contributed by atoms with Gasteiger partial charge in [-0.15, -0.1) is 11.8 Å². The van der Waals surface area contributed by atoms with Gasteiger partial charge in [0.1, 0.15) is 11.6 Å². The van der Waals surface area contributed by atoms with Gasteiger partial charge in [-0.3, -0.25) is 0 Å². The number of benzene rings is 2. The summed E-state index contributed by atoms with van der Waals surface area (Å²) in [6.07, 6.45) is 0. The lowest BCUT2D eigenvalue weighted by molar-refractivity contribution is 0.0692. The highest BCUT2D eigenvalue weighted by molar-refractivity contribution is 7.98. The summed E-state index contributed by atoms with van der Waals surface area (Å²) in [5.74, 6) is -2.03. The van der Waals surface area contributed by atoms with Gasteiger partial charge in [-0.2, -0.15) is 0 Å². The fraction of sp³-hybridized carbons (Fsp3) is 0.0714. The van der Waals surface area contributed by atoms with Gasteiger partial charge in [0.2, 0.25) is 0 Å². The van der Waals surface area contributed by atoms with E-state index in [1.54, 1.807) is 18.2 Å². The average Bonchev–Trinajstić information content (AvgIpc) is 2.37. The smallest absolute Gasteiger partial charge is 0.338 e. The number of carbonyl (C=O) groups is 1. The maximum absolute atomic E-state index is 13.4. The molecule has 5 heteroatoms. The van der Waals surface area contributed by atoms with Gasteiger partial charge in [-0.05, 0) is 29.8 Å². The van der Waals surface area contributed by atoms with Crippen LogP contribution in [0.25, 0.3) is 0 Å². The summed E-state index contributed by atoms with van der Waals surface area (Å²) in [5.41, 5.74) is 0.246. The van der Waals surface area contributed by atoms with Crippen molar-refractivity contribution in [3.05, 3.63) is 65.2 Å². The molecule has 0 saturated carbocycles. The average molecular weight is 280 g/mol. The number of hydrogen-bond acceptors (Lipinski definition) is 2.